The molecule has 12 heteroatoms. The van der Waals surface area contributed by atoms with Crippen LogP contribution in [-0.4, -0.2) is 27.9 Å². The van der Waals surface area contributed by atoms with Gasteiger partial charge in [-0.15, -0.1) is 0 Å². The molecule has 0 aliphatic heterocycles. The van der Waals surface area contributed by atoms with Crippen molar-refractivity contribution in [2.24, 2.45) is 0 Å². The van der Waals surface area contributed by atoms with Crippen LogP contribution in [0.5, 0.6) is 0 Å². The zero-order chi connectivity index (χ0) is 26.8. The molecule has 192 valence electrons. The fourth-order valence-electron chi connectivity index (χ4n) is 3.25. The van der Waals surface area contributed by atoms with Crippen molar-refractivity contribution in [2.45, 2.75) is 30.6 Å². The van der Waals surface area contributed by atoms with Crippen LogP contribution in [0.2, 0.25) is 0 Å². The van der Waals surface area contributed by atoms with Crippen molar-refractivity contribution in [3.63, 3.8) is 0 Å². The van der Waals surface area contributed by atoms with Gasteiger partial charge in [-0.1, -0.05) is 28.9 Å². The number of nitrogens with one attached hydrogen (secondary N) is 3. The van der Waals surface area contributed by atoms with Gasteiger partial charge < -0.3 is 9.84 Å². The number of hydrogen-bond acceptors (Lipinski definition) is 7. The number of nitrogens with zero attached hydrogens (tertiary/aromatic N) is 1. The summed E-state index contributed by atoms with van der Waals surface area (Å²) in [5, 5.41) is 6.36. The molecule has 0 bridgehead atoms. The standard InChI is InChI=1S/C25H24N4O6S2/c1-16-7-9-21(10-8-16)28-37(33,34)23-6-4-5-19(15-23)24(30)26-20-11-13-22(14-12-20)36(31,32)29-25-17(2)18(3)27-35-25/h4-15,28-29H,1-3H3,(H,26,30). The van der Waals surface area contributed by atoms with Gasteiger partial charge in [0, 0.05) is 22.5 Å². The third kappa shape index (κ3) is 5.98. The number of amides is 1. The van der Waals surface area contributed by atoms with Crippen LogP contribution in [0.25, 0.3) is 0 Å². The van der Waals surface area contributed by atoms with Crippen molar-refractivity contribution in [1.29, 1.82) is 0 Å². The fourth-order valence-corrected chi connectivity index (χ4v) is 5.40. The van der Waals surface area contributed by atoms with Gasteiger partial charge >= 0.3 is 0 Å². The van der Waals surface area contributed by atoms with E-state index in [4.69, 9.17) is 4.52 Å². The SMILES string of the molecule is Cc1ccc(NS(=O)(=O)c2cccc(C(=O)Nc3ccc(S(=O)(=O)Nc4onc(C)c4C)cc3)c2)cc1. The third-order valence-corrected chi connectivity index (χ3v) is 8.24. The number of carbonyl (C=O) groups excluding carboxylic acids is 1. The molecule has 37 heavy (non-hydrogen) atoms. The summed E-state index contributed by atoms with van der Waals surface area (Å²) in [4.78, 5) is 12.7. The Morgan fingerprint density at radius 1 is 0.757 bits per heavy atom. The molecule has 4 rings (SSSR count). The van der Waals surface area contributed by atoms with Crippen molar-refractivity contribution in [3.8, 4) is 0 Å². The van der Waals surface area contributed by atoms with Crippen LogP contribution in [0, 0.1) is 20.8 Å². The first-order valence-electron chi connectivity index (χ1n) is 11.0. The fraction of sp³-hybridized carbons (Fsp3) is 0.120. The maximum absolute atomic E-state index is 12.8. The van der Waals surface area contributed by atoms with Gasteiger partial charge in [-0.3, -0.25) is 9.52 Å². The van der Waals surface area contributed by atoms with Crippen LogP contribution in [0.4, 0.5) is 17.3 Å². The Balaban J connectivity index is 1.46. The summed E-state index contributed by atoms with van der Waals surface area (Å²) in [6, 6.07) is 17.9. The van der Waals surface area contributed by atoms with E-state index in [1.165, 1.54) is 48.5 Å². The Labute approximate surface area is 214 Å². The zero-order valence-corrected chi connectivity index (χ0v) is 21.8. The number of carbonyl (C=O) groups is 1. The van der Waals surface area contributed by atoms with Crippen LogP contribution >= 0.6 is 0 Å². The van der Waals surface area contributed by atoms with Gasteiger partial charge in [0.1, 0.15) is 0 Å². The molecule has 1 aromatic heterocycles. The highest BCUT2D eigenvalue weighted by atomic mass is 32.2. The Bertz CT molecular complexity index is 1660. The second-order valence-electron chi connectivity index (χ2n) is 8.31. The minimum Gasteiger partial charge on any atom is -0.337 e. The molecule has 3 N–H and O–H groups in total. The number of aromatic nitrogens is 1. The highest BCUT2D eigenvalue weighted by molar-refractivity contribution is 7.93. The van der Waals surface area contributed by atoms with Crippen LogP contribution in [0.3, 0.4) is 0 Å². The normalized spacial score (nSPS) is 11.6. The van der Waals surface area contributed by atoms with Gasteiger partial charge in [-0.2, -0.15) is 0 Å². The van der Waals surface area contributed by atoms with Gasteiger partial charge in [-0.25, -0.2) is 21.6 Å². The highest BCUT2D eigenvalue weighted by Gasteiger charge is 2.20. The van der Waals surface area contributed by atoms with Gasteiger partial charge in [0.2, 0.25) is 5.88 Å². The molecule has 0 aliphatic rings. The quantitative estimate of drug-likeness (QED) is 0.299. The highest BCUT2D eigenvalue weighted by Crippen LogP contribution is 2.23. The van der Waals surface area contributed by atoms with Crippen LogP contribution in [0.15, 0.2) is 87.1 Å². The van der Waals surface area contributed by atoms with E-state index in [2.05, 4.69) is 19.9 Å². The van der Waals surface area contributed by atoms with Crippen molar-refractivity contribution in [2.75, 3.05) is 14.8 Å². The minimum atomic E-state index is -3.94. The topological polar surface area (TPSA) is 147 Å². The van der Waals surface area contributed by atoms with Crippen molar-refractivity contribution in [1.82, 2.24) is 5.16 Å². The molecule has 0 spiro atoms. The average Bonchev–Trinajstić information content (AvgIpc) is 3.17. The molecule has 1 amide bonds. The number of hydrogen-bond donors (Lipinski definition) is 3. The molecule has 3 aromatic carbocycles. The predicted octanol–water partition coefficient (Wildman–Crippen LogP) is 4.45. The molecular formula is C25H24N4O6S2. The van der Waals surface area contributed by atoms with Crippen molar-refractivity contribution < 1.29 is 26.2 Å². The smallest absolute Gasteiger partial charge is 0.264 e. The summed E-state index contributed by atoms with van der Waals surface area (Å²) in [6.07, 6.45) is 0. The Morgan fingerprint density at radius 2 is 1.38 bits per heavy atom. The molecule has 4 aromatic rings. The molecule has 0 aliphatic carbocycles. The minimum absolute atomic E-state index is 0.0292. The number of anilines is 3. The maximum Gasteiger partial charge on any atom is 0.264 e. The Morgan fingerprint density at radius 3 is 2.00 bits per heavy atom. The zero-order valence-electron chi connectivity index (χ0n) is 20.1. The predicted molar refractivity (Wildman–Crippen MR) is 140 cm³/mol. The lowest BCUT2D eigenvalue weighted by molar-refractivity contribution is 0.102. The summed E-state index contributed by atoms with van der Waals surface area (Å²) in [6.45, 7) is 5.27. The van der Waals surface area contributed by atoms with Gasteiger partial charge in [0.25, 0.3) is 26.0 Å². The van der Waals surface area contributed by atoms with Crippen molar-refractivity contribution in [3.05, 3.63) is 95.2 Å². The molecule has 10 nitrogen and oxygen atoms in total. The van der Waals surface area contributed by atoms with Crippen molar-refractivity contribution >= 4 is 43.2 Å². The van der Waals surface area contributed by atoms with E-state index in [0.717, 1.165) is 5.56 Å². The molecule has 0 saturated carbocycles. The van der Waals surface area contributed by atoms with E-state index in [-0.39, 0.29) is 21.2 Å². The first-order valence-corrected chi connectivity index (χ1v) is 14.0. The molecule has 1 heterocycles. The lowest BCUT2D eigenvalue weighted by atomic mass is 10.2. The van der Waals surface area contributed by atoms with Gasteiger partial charge in [-0.05, 0) is 75.4 Å². The molecule has 0 fully saturated rings. The molecule has 0 saturated heterocycles. The molecular weight excluding hydrogens is 516 g/mol. The van der Waals surface area contributed by atoms with E-state index in [1.54, 1.807) is 38.1 Å². The van der Waals surface area contributed by atoms with E-state index >= 15 is 0 Å². The van der Waals surface area contributed by atoms with Crippen LogP contribution < -0.4 is 14.8 Å². The molecule has 0 radical (unpaired) electrons. The van der Waals surface area contributed by atoms with E-state index < -0.39 is 26.0 Å². The summed E-state index contributed by atoms with van der Waals surface area (Å²) in [5.74, 6) is -0.532. The molecule has 0 atom stereocenters. The summed E-state index contributed by atoms with van der Waals surface area (Å²) < 4.78 is 60.7. The first-order chi connectivity index (χ1) is 17.4. The van der Waals surface area contributed by atoms with E-state index in [1.807, 2.05) is 6.92 Å². The largest absolute Gasteiger partial charge is 0.337 e. The van der Waals surface area contributed by atoms with Gasteiger partial charge in [0.15, 0.2) is 0 Å². The summed E-state index contributed by atoms with van der Waals surface area (Å²) >= 11 is 0. The summed E-state index contributed by atoms with van der Waals surface area (Å²) in [7, 11) is -7.86. The summed E-state index contributed by atoms with van der Waals surface area (Å²) in [5.41, 5.74) is 2.97. The number of sulfonamides is 2. The lowest BCUT2D eigenvalue weighted by Crippen LogP contribution is -2.16. The second-order valence-corrected chi connectivity index (χ2v) is 11.7. The van der Waals surface area contributed by atoms with Crippen LogP contribution in [-0.2, 0) is 20.0 Å². The van der Waals surface area contributed by atoms with Gasteiger partial charge in [0.05, 0.1) is 15.5 Å². The average molecular weight is 541 g/mol. The number of rotatable bonds is 8. The number of benzene rings is 3. The Kier molecular flexibility index (Phi) is 7.05. The molecule has 0 unspecified atom stereocenters. The second kappa shape index (κ2) is 10.1. The first kappa shape index (κ1) is 25.9. The van der Waals surface area contributed by atoms with Crippen LogP contribution in [0.1, 0.15) is 27.2 Å². The maximum atomic E-state index is 12.8. The van der Waals surface area contributed by atoms with E-state index in [9.17, 15) is 21.6 Å². The third-order valence-electron chi connectivity index (χ3n) is 5.52. The monoisotopic (exact) mass is 540 g/mol. The lowest BCUT2D eigenvalue weighted by Gasteiger charge is -2.11. The number of aryl methyl sites for hydroxylation is 2. The van der Waals surface area contributed by atoms with E-state index in [0.29, 0.717) is 22.6 Å². The Hall–Kier alpha value is -4.16.